The summed E-state index contributed by atoms with van der Waals surface area (Å²) in [6, 6.07) is 20.9. The maximum absolute atomic E-state index is 4.68. The highest BCUT2D eigenvalue weighted by Crippen LogP contribution is 2.27. The maximum Gasteiger partial charge on any atom is 0.130 e. The Hall–Kier alpha value is -2.00. The first-order valence-corrected chi connectivity index (χ1v) is 7.59. The lowest BCUT2D eigenvalue weighted by Crippen LogP contribution is -1.98. The Bertz CT molecular complexity index is 711. The Balaban J connectivity index is 1.90. The molecule has 0 aliphatic heterocycles. The van der Waals surface area contributed by atoms with Gasteiger partial charge in [0.15, 0.2) is 0 Å². The first-order valence-electron chi connectivity index (χ1n) is 6.61. The topological polar surface area (TPSA) is 24.9 Å². The van der Waals surface area contributed by atoms with Crippen LogP contribution in [0.3, 0.4) is 0 Å². The van der Waals surface area contributed by atoms with Crippen LogP contribution in [0.4, 0.5) is 5.82 Å². The number of para-hydroxylation sites is 1. The van der Waals surface area contributed by atoms with Gasteiger partial charge < -0.3 is 5.32 Å². The molecule has 0 atom stereocenters. The van der Waals surface area contributed by atoms with Gasteiger partial charge in [0.25, 0.3) is 0 Å². The zero-order chi connectivity index (χ0) is 13.8. The summed E-state index contributed by atoms with van der Waals surface area (Å²) in [5, 5.41) is 4.39. The molecule has 0 saturated heterocycles. The molecule has 2 nitrogen and oxygen atoms in total. The number of hydrogen-bond donors (Lipinski definition) is 1. The van der Waals surface area contributed by atoms with Gasteiger partial charge >= 0.3 is 0 Å². The van der Waals surface area contributed by atoms with Crippen molar-refractivity contribution in [2.24, 2.45) is 0 Å². The minimum atomic E-state index is 0.915. The summed E-state index contributed by atoms with van der Waals surface area (Å²) in [4.78, 5) is 5.96. The fourth-order valence-corrected chi connectivity index (χ4v) is 3.06. The molecule has 1 aromatic heterocycles. The Morgan fingerprint density at radius 2 is 1.75 bits per heavy atom. The number of benzene rings is 2. The number of rotatable bonds is 4. The first kappa shape index (κ1) is 13.0. The largest absolute Gasteiger partial charge is 0.373 e. The van der Waals surface area contributed by atoms with Gasteiger partial charge in [-0.15, -0.1) is 11.8 Å². The van der Waals surface area contributed by atoms with Gasteiger partial charge in [-0.2, -0.15) is 0 Å². The van der Waals surface area contributed by atoms with Crippen molar-refractivity contribution in [2.45, 2.75) is 10.6 Å². The second-order valence-corrected chi connectivity index (χ2v) is 5.59. The monoisotopic (exact) mass is 280 g/mol. The predicted octanol–water partition coefficient (Wildman–Crippen LogP) is 4.57. The summed E-state index contributed by atoms with van der Waals surface area (Å²) >= 11 is 1.83. The summed E-state index contributed by atoms with van der Waals surface area (Å²) in [5.41, 5.74) is 2.27. The molecule has 3 heteroatoms. The molecule has 1 N–H and O–H groups in total. The molecule has 20 heavy (non-hydrogen) atoms. The second-order valence-electron chi connectivity index (χ2n) is 4.54. The first-order chi connectivity index (χ1) is 9.86. The molecule has 0 spiro atoms. The van der Waals surface area contributed by atoms with E-state index in [4.69, 9.17) is 0 Å². The minimum Gasteiger partial charge on any atom is -0.373 e. The summed E-state index contributed by atoms with van der Waals surface area (Å²) in [7, 11) is 1.92. The molecule has 1 heterocycles. The quantitative estimate of drug-likeness (QED) is 0.709. The molecule has 3 aromatic rings. The standard InChI is InChI=1S/C17H16N2S/c1-18-17-14(12-20-15-8-3-2-4-9-15)11-13-7-5-6-10-16(13)19-17/h2-11H,12H2,1H3,(H,18,19). The number of pyridine rings is 1. The van der Waals surface area contributed by atoms with E-state index in [0.717, 1.165) is 17.1 Å². The molecule has 2 aromatic carbocycles. The summed E-state index contributed by atoms with van der Waals surface area (Å²) < 4.78 is 0. The van der Waals surface area contributed by atoms with Crippen LogP contribution in [0.25, 0.3) is 10.9 Å². The van der Waals surface area contributed by atoms with Gasteiger partial charge in [-0.1, -0.05) is 36.4 Å². The number of thioether (sulfide) groups is 1. The third-order valence-corrected chi connectivity index (χ3v) is 4.24. The van der Waals surface area contributed by atoms with Crippen LogP contribution in [0.5, 0.6) is 0 Å². The van der Waals surface area contributed by atoms with Crippen molar-refractivity contribution in [3.8, 4) is 0 Å². The Morgan fingerprint density at radius 1 is 1.00 bits per heavy atom. The van der Waals surface area contributed by atoms with Gasteiger partial charge in [0, 0.05) is 28.6 Å². The number of nitrogens with zero attached hydrogens (tertiary/aromatic N) is 1. The van der Waals surface area contributed by atoms with E-state index < -0.39 is 0 Å². The normalized spacial score (nSPS) is 10.7. The van der Waals surface area contributed by atoms with Crippen molar-refractivity contribution in [1.29, 1.82) is 0 Å². The van der Waals surface area contributed by atoms with E-state index in [2.05, 4.69) is 52.8 Å². The molecule has 0 bridgehead atoms. The van der Waals surface area contributed by atoms with Crippen molar-refractivity contribution < 1.29 is 0 Å². The van der Waals surface area contributed by atoms with E-state index in [-0.39, 0.29) is 0 Å². The van der Waals surface area contributed by atoms with E-state index >= 15 is 0 Å². The maximum atomic E-state index is 4.68. The molecule has 100 valence electrons. The third-order valence-electron chi connectivity index (χ3n) is 3.18. The van der Waals surface area contributed by atoms with Crippen LogP contribution in [0.2, 0.25) is 0 Å². The van der Waals surface area contributed by atoms with Crippen LogP contribution in [0.15, 0.2) is 65.6 Å². The Morgan fingerprint density at radius 3 is 2.55 bits per heavy atom. The van der Waals surface area contributed by atoms with Crippen molar-refractivity contribution in [3.63, 3.8) is 0 Å². The van der Waals surface area contributed by atoms with E-state index in [1.54, 1.807) is 0 Å². The van der Waals surface area contributed by atoms with Crippen LogP contribution in [-0.4, -0.2) is 12.0 Å². The van der Waals surface area contributed by atoms with Crippen molar-refractivity contribution >= 4 is 28.5 Å². The average Bonchev–Trinajstić information content (AvgIpc) is 2.53. The molecular formula is C17H16N2S. The molecule has 0 aliphatic rings. The fraction of sp³-hybridized carbons (Fsp3) is 0.118. The van der Waals surface area contributed by atoms with E-state index in [1.807, 2.05) is 37.0 Å². The minimum absolute atomic E-state index is 0.915. The lowest BCUT2D eigenvalue weighted by atomic mass is 10.1. The van der Waals surface area contributed by atoms with Crippen LogP contribution < -0.4 is 5.32 Å². The number of aromatic nitrogens is 1. The smallest absolute Gasteiger partial charge is 0.130 e. The van der Waals surface area contributed by atoms with E-state index in [1.165, 1.54) is 15.8 Å². The van der Waals surface area contributed by atoms with Gasteiger partial charge in [-0.05, 0) is 24.3 Å². The highest BCUT2D eigenvalue weighted by Gasteiger charge is 2.06. The van der Waals surface area contributed by atoms with Crippen molar-refractivity contribution in [3.05, 3.63) is 66.2 Å². The molecule has 0 fully saturated rings. The van der Waals surface area contributed by atoms with Gasteiger partial charge in [0.2, 0.25) is 0 Å². The van der Waals surface area contributed by atoms with Crippen LogP contribution in [0, 0.1) is 0 Å². The van der Waals surface area contributed by atoms with Crippen LogP contribution >= 0.6 is 11.8 Å². The molecule has 0 aliphatic carbocycles. The van der Waals surface area contributed by atoms with Gasteiger partial charge in [-0.3, -0.25) is 0 Å². The Labute approximate surface area is 123 Å². The molecule has 0 amide bonds. The number of anilines is 1. The SMILES string of the molecule is CNc1nc2ccccc2cc1CSc1ccccc1. The van der Waals surface area contributed by atoms with Crippen LogP contribution in [-0.2, 0) is 5.75 Å². The van der Waals surface area contributed by atoms with Gasteiger partial charge in [0.1, 0.15) is 5.82 Å². The molecule has 0 saturated carbocycles. The average molecular weight is 280 g/mol. The van der Waals surface area contributed by atoms with Crippen molar-refractivity contribution in [2.75, 3.05) is 12.4 Å². The number of nitrogens with one attached hydrogen (secondary N) is 1. The highest BCUT2D eigenvalue weighted by molar-refractivity contribution is 7.98. The molecule has 0 unspecified atom stereocenters. The lowest BCUT2D eigenvalue weighted by molar-refractivity contribution is 1.27. The third kappa shape index (κ3) is 2.78. The molecular weight excluding hydrogens is 264 g/mol. The summed E-state index contributed by atoms with van der Waals surface area (Å²) in [5.74, 6) is 1.88. The predicted molar refractivity (Wildman–Crippen MR) is 87.3 cm³/mol. The van der Waals surface area contributed by atoms with E-state index in [0.29, 0.717) is 0 Å². The van der Waals surface area contributed by atoms with Gasteiger partial charge in [-0.25, -0.2) is 4.98 Å². The molecule has 0 radical (unpaired) electrons. The van der Waals surface area contributed by atoms with Crippen LogP contribution in [0.1, 0.15) is 5.56 Å². The van der Waals surface area contributed by atoms with Crippen molar-refractivity contribution in [1.82, 2.24) is 4.98 Å². The highest BCUT2D eigenvalue weighted by atomic mass is 32.2. The zero-order valence-electron chi connectivity index (χ0n) is 11.3. The zero-order valence-corrected chi connectivity index (χ0v) is 12.2. The number of fused-ring (bicyclic) bond motifs is 1. The lowest BCUT2D eigenvalue weighted by Gasteiger charge is -2.10. The summed E-state index contributed by atoms with van der Waals surface area (Å²) in [6.07, 6.45) is 0. The fourth-order valence-electron chi connectivity index (χ4n) is 2.16. The molecule has 3 rings (SSSR count). The number of hydrogen-bond acceptors (Lipinski definition) is 3. The second kappa shape index (κ2) is 5.97. The Kier molecular flexibility index (Phi) is 3.88. The van der Waals surface area contributed by atoms with Gasteiger partial charge in [0.05, 0.1) is 5.52 Å². The van der Waals surface area contributed by atoms with E-state index in [9.17, 15) is 0 Å². The summed E-state index contributed by atoms with van der Waals surface area (Å²) in [6.45, 7) is 0.